The van der Waals surface area contributed by atoms with Gasteiger partial charge in [-0.25, -0.2) is 0 Å². The quantitative estimate of drug-likeness (QED) is 0.198. The average molecular weight is 631 g/mol. The van der Waals surface area contributed by atoms with Gasteiger partial charge in [0, 0.05) is 0 Å². The minimum absolute atomic E-state index is 0.00693. The van der Waals surface area contributed by atoms with Gasteiger partial charge in [0.1, 0.15) is 0 Å². The molecular formula is C34H32Cl2SiZr. The molecule has 190 valence electrons. The molecule has 0 aromatic heterocycles. The van der Waals surface area contributed by atoms with Crippen LogP contribution in [0.5, 0.6) is 0 Å². The van der Waals surface area contributed by atoms with Gasteiger partial charge < -0.3 is 0 Å². The van der Waals surface area contributed by atoms with Crippen molar-refractivity contribution in [2.75, 3.05) is 0 Å². The fourth-order valence-corrected chi connectivity index (χ4v) is 56.6. The molecule has 0 bridgehead atoms. The molecule has 0 atom stereocenters. The molecule has 2 aliphatic carbocycles. The van der Waals surface area contributed by atoms with E-state index in [1.807, 2.05) is 0 Å². The van der Waals surface area contributed by atoms with Gasteiger partial charge in [-0.1, -0.05) is 0 Å². The molecule has 0 heterocycles. The van der Waals surface area contributed by atoms with Gasteiger partial charge in [-0.2, -0.15) is 0 Å². The van der Waals surface area contributed by atoms with E-state index in [1.54, 1.807) is 0 Å². The van der Waals surface area contributed by atoms with Crippen molar-refractivity contribution in [2.24, 2.45) is 5.41 Å². The van der Waals surface area contributed by atoms with E-state index in [9.17, 15) is 0 Å². The Labute approximate surface area is 234 Å². The van der Waals surface area contributed by atoms with Crippen molar-refractivity contribution in [1.82, 2.24) is 0 Å². The van der Waals surface area contributed by atoms with Crippen molar-refractivity contribution in [3.8, 4) is 11.1 Å². The molecule has 0 radical (unpaired) electrons. The molecule has 0 nitrogen and oxygen atoms in total. The number of hydrogen-bond acceptors (Lipinski definition) is 0. The van der Waals surface area contributed by atoms with Crippen LogP contribution < -0.4 is 10.4 Å². The van der Waals surface area contributed by atoms with Crippen LogP contribution in [0.4, 0.5) is 0 Å². The first-order valence-electron chi connectivity index (χ1n) is 13.3. The summed E-state index contributed by atoms with van der Waals surface area (Å²) in [7, 11) is 17.7. The van der Waals surface area contributed by atoms with Crippen LogP contribution in [0.3, 0.4) is 0 Å². The molecule has 0 saturated heterocycles. The molecule has 4 aromatic rings. The second-order valence-electron chi connectivity index (χ2n) is 11.6. The Kier molecular flexibility index (Phi) is 6.44. The van der Waals surface area contributed by atoms with Gasteiger partial charge in [-0.05, 0) is 0 Å². The Morgan fingerprint density at radius 1 is 0.605 bits per heavy atom. The molecule has 4 aromatic carbocycles. The first-order valence-corrected chi connectivity index (χ1v) is 27.5. The van der Waals surface area contributed by atoms with Crippen LogP contribution in [0.1, 0.15) is 31.9 Å². The van der Waals surface area contributed by atoms with Crippen LogP contribution in [-0.4, -0.2) is 5.43 Å². The summed E-state index contributed by atoms with van der Waals surface area (Å²) in [4.78, 5) is 0. The summed E-state index contributed by atoms with van der Waals surface area (Å²) in [5.74, 6) is 0. The molecule has 0 saturated carbocycles. The minimum atomic E-state index is -5.30. The maximum absolute atomic E-state index is 8.86. The van der Waals surface area contributed by atoms with E-state index in [-0.39, 0.29) is 9.04 Å². The zero-order valence-electron chi connectivity index (χ0n) is 22.0. The molecule has 6 rings (SSSR count). The maximum atomic E-state index is 8.86. The molecule has 4 heteroatoms. The van der Waals surface area contributed by atoms with Gasteiger partial charge in [-0.15, -0.1) is 0 Å². The second-order valence-corrected chi connectivity index (χ2v) is 46.3. The fraction of sp³-hybridized carbons (Fsp3) is 0.176. The van der Waals surface area contributed by atoms with Crippen LogP contribution in [0.15, 0.2) is 133 Å². The van der Waals surface area contributed by atoms with Gasteiger partial charge in [-0.3, -0.25) is 0 Å². The molecule has 0 amide bonds. The normalized spacial score (nSPS) is 16.4. The van der Waals surface area contributed by atoms with Crippen molar-refractivity contribution >= 4 is 32.8 Å². The summed E-state index contributed by atoms with van der Waals surface area (Å²) in [5, 5.41) is 2.58. The predicted octanol–water partition coefficient (Wildman–Crippen LogP) is 8.67. The van der Waals surface area contributed by atoms with Crippen molar-refractivity contribution in [3.63, 3.8) is 0 Å². The molecular weight excluding hydrogens is 599 g/mol. The van der Waals surface area contributed by atoms with Gasteiger partial charge in [0.25, 0.3) is 0 Å². The fourth-order valence-electron chi connectivity index (χ4n) is 7.50. The van der Waals surface area contributed by atoms with Crippen molar-refractivity contribution in [3.05, 3.63) is 145 Å². The Balaban J connectivity index is 1.97. The first-order chi connectivity index (χ1) is 18.2. The van der Waals surface area contributed by atoms with Crippen molar-refractivity contribution < 1.29 is 15.0 Å². The van der Waals surface area contributed by atoms with Crippen LogP contribution in [0.25, 0.3) is 11.1 Å². The number of allylic oxidation sites excluding steroid dienone is 4. The van der Waals surface area contributed by atoms with Gasteiger partial charge in [0.05, 0.1) is 0 Å². The summed E-state index contributed by atoms with van der Waals surface area (Å²) < 4.78 is -0.540. The molecule has 0 unspecified atom stereocenters. The number of benzene rings is 4. The van der Waals surface area contributed by atoms with Gasteiger partial charge in [0.2, 0.25) is 0 Å². The SMILES string of the molecule is CC(C)(C)[C]1([Zr]([Cl])([Cl])([CH]2C=CC=C2)=[Si](c2ccccc2)c2ccccc2)c2ccccc2-c2ccccc21. The molecule has 2 aliphatic rings. The zero-order valence-corrected chi connectivity index (χ0v) is 27.0. The Hall–Kier alpha value is -1.96. The number of fused-ring (bicyclic) bond motifs is 3. The van der Waals surface area contributed by atoms with Gasteiger partial charge in [0.15, 0.2) is 0 Å². The van der Waals surface area contributed by atoms with E-state index in [0.29, 0.717) is 0 Å². The van der Waals surface area contributed by atoms with Crippen molar-refractivity contribution in [1.29, 1.82) is 0 Å². The van der Waals surface area contributed by atoms with Crippen LogP contribution in [0.2, 0.25) is 3.63 Å². The number of hydrogen-bond donors (Lipinski definition) is 0. The van der Waals surface area contributed by atoms with E-state index in [4.69, 9.17) is 17.0 Å². The Bertz CT molecular complexity index is 1550. The monoisotopic (exact) mass is 628 g/mol. The van der Waals surface area contributed by atoms with Crippen molar-refractivity contribution in [2.45, 2.75) is 27.5 Å². The Morgan fingerprint density at radius 2 is 1.00 bits per heavy atom. The standard InChI is InChI=1S/C17H17.C12H10Si.C5H5.2ClH.Zr/c1-17(2,3)16-14-10-6-4-8-12(14)13-9-5-7-11-15(13)16;1-3-7-11(8-4-1)13-12-9-5-2-6-10-12;1-2-4-5-3-1;;;/h4-11H,1-3H3;1-10H;1-5H;2*1H;/q;;;;;+2/p-2. The summed E-state index contributed by atoms with van der Waals surface area (Å²) >= 11 is -5.30. The number of halogens is 2. The van der Waals surface area contributed by atoms with E-state index < -0.39 is 23.6 Å². The Morgan fingerprint density at radius 3 is 1.42 bits per heavy atom. The molecule has 0 aliphatic heterocycles. The van der Waals surface area contributed by atoms with E-state index >= 15 is 0 Å². The predicted molar refractivity (Wildman–Crippen MR) is 164 cm³/mol. The second kappa shape index (κ2) is 9.31. The average Bonchev–Trinajstić information content (AvgIpc) is 3.57. The molecule has 0 spiro atoms. The van der Waals surface area contributed by atoms with Crippen LogP contribution >= 0.6 is 17.0 Å². The third kappa shape index (κ3) is 3.43. The van der Waals surface area contributed by atoms with E-state index in [1.165, 1.54) is 32.6 Å². The molecule has 0 N–H and O–H groups in total. The van der Waals surface area contributed by atoms with E-state index in [0.717, 1.165) is 0 Å². The topological polar surface area (TPSA) is 0 Å². The third-order valence-corrected chi connectivity index (χ3v) is 50.0. The van der Waals surface area contributed by atoms with Crippen LogP contribution in [-0.2, 0) is 18.1 Å². The van der Waals surface area contributed by atoms with Gasteiger partial charge >= 0.3 is 237 Å². The zero-order chi connectivity index (χ0) is 26.6. The summed E-state index contributed by atoms with van der Waals surface area (Å²) in [6.07, 6.45) is 8.92. The van der Waals surface area contributed by atoms with E-state index in [2.05, 4.69) is 154 Å². The number of rotatable bonds is 4. The first kappa shape index (κ1) is 26.3. The molecule has 38 heavy (non-hydrogen) atoms. The summed E-state index contributed by atoms with van der Waals surface area (Å²) in [5.41, 5.74) is 3.20. The molecule has 0 fully saturated rings. The summed E-state index contributed by atoms with van der Waals surface area (Å²) in [6, 6.07) is 39.7. The summed E-state index contributed by atoms with van der Waals surface area (Å²) in [6.45, 7) is 7.09. The third-order valence-electron chi connectivity index (χ3n) is 8.68. The van der Waals surface area contributed by atoms with Crippen LogP contribution in [0, 0.1) is 5.41 Å².